The normalized spacial score (nSPS) is 18.6. The summed E-state index contributed by atoms with van der Waals surface area (Å²) in [5, 5.41) is 5.50. The standard InChI is InChI=1S/C19H21N3O3/c1-12-5-10-16-15(11-12)21-18(24)19(2,25-16)17(23)20-13-6-8-14(9-7-13)22(3)4/h5-11H,1-4H3,(H,20,23)(H,21,24). The molecule has 2 N–H and O–H groups in total. The van der Waals surface area contributed by atoms with E-state index in [1.807, 2.05) is 50.2 Å². The molecule has 0 aliphatic carbocycles. The summed E-state index contributed by atoms with van der Waals surface area (Å²) < 4.78 is 5.75. The molecule has 130 valence electrons. The SMILES string of the molecule is Cc1ccc2c(c1)NC(=O)C(C)(C(=O)Nc1ccc(N(C)C)cc1)O2. The molecule has 1 aliphatic rings. The highest BCUT2D eigenvalue weighted by atomic mass is 16.5. The van der Waals surface area contributed by atoms with Gasteiger partial charge in [-0.3, -0.25) is 9.59 Å². The predicted octanol–water partition coefficient (Wildman–Crippen LogP) is 2.79. The number of rotatable bonds is 3. The molecule has 1 heterocycles. The van der Waals surface area contributed by atoms with Gasteiger partial charge in [-0.15, -0.1) is 0 Å². The first kappa shape index (κ1) is 16.8. The number of ether oxygens (including phenoxy) is 1. The Morgan fingerprint density at radius 2 is 1.84 bits per heavy atom. The van der Waals surface area contributed by atoms with Crippen molar-refractivity contribution in [3.8, 4) is 5.75 Å². The molecule has 6 heteroatoms. The van der Waals surface area contributed by atoms with E-state index in [2.05, 4.69) is 10.6 Å². The predicted molar refractivity (Wildman–Crippen MR) is 98.2 cm³/mol. The number of carbonyl (C=O) groups is 2. The molecule has 1 unspecified atom stereocenters. The minimum absolute atomic E-state index is 0.478. The number of hydrogen-bond donors (Lipinski definition) is 2. The highest BCUT2D eigenvalue weighted by Crippen LogP contribution is 2.34. The van der Waals surface area contributed by atoms with Gasteiger partial charge in [-0.25, -0.2) is 0 Å². The van der Waals surface area contributed by atoms with E-state index in [1.165, 1.54) is 6.92 Å². The quantitative estimate of drug-likeness (QED) is 0.844. The summed E-state index contributed by atoms with van der Waals surface area (Å²) in [7, 11) is 3.88. The van der Waals surface area contributed by atoms with E-state index in [-0.39, 0.29) is 0 Å². The van der Waals surface area contributed by atoms with Crippen molar-refractivity contribution in [2.75, 3.05) is 29.6 Å². The van der Waals surface area contributed by atoms with Crippen LogP contribution >= 0.6 is 0 Å². The molecule has 0 spiro atoms. The lowest BCUT2D eigenvalue weighted by Gasteiger charge is -2.33. The Hall–Kier alpha value is -3.02. The van der Waals surface area contributed by atoms with E-state index in [0.29, 0.717) is 17.1 Å². The van der Waals surface area contributed by atoms with Gasteiger partial charge in [0.25, 0.3) is 17.4 Å². The van der Waals surface area contributed by atoms with Crippen molar-refractivity contribution in [2.24, 2.45) is 0 Å². The summed E-state index contributed by atoms with van der Waals surface area (Å²) in [5.74, 6) is -0.535. The van der Waals surface area contributed by atoms with Crippen molar-refractivity contribution in [2.45, 2.75) is 19.4 Å². The maximum Gasteiger partial charge on any atom is 0.278 e. The molecule has 0 aromatic heterocycles. The van der Waals surface area contributed by atoms with Gasteiger partial charge in [0.1, 0.15) is 5.75 Å². The zero-order valence-electron chi connectivity index (χ0n) is 14.7. The molecular weight excluding hydrogens is 318 g/mol. The highest BCUT2D eigenvalue weighted by Gasteiger charge is 2.47. The van der Waals surface area contributed by atoms with Gasteiger partial charge in [0.2, 0.25) is 0 Å². The molecule has 1 atom stereocenters. The number of aryl methyl sites for hydroxylation is 1. The number of carbonyl (C=O) groups excluding carboxylic acids is 2. The van der Waals surface area contributed by atoms with Crippen LogP contribution in [-0.2, 0) is 9.59 Å². The van der Waals surface area contributed by atoms with E-state index in [4.69, 9.17) is 4.74 Å². The van der Waals surface area contributed by atoms with E-state index in [9.17, 15) is 9.59 Å². The second kappa shape index (κ2) is 6.12. The number of benzene rings is 2. The topological polar surface area (TPSA) is 70.7 Å². The first-order chi connectivity index (χ1) is 11.8. The molecule has 25 heavy (non-hydrogen) atoms. The summed E-state index contributed by atoms with van der Waals surface area (Å²) in [6.45, 7) is 3.39. The smallest absolute Gasteiger partial charge is 0.278 e. The number of nitrogens with one attached hydrogen (secondary N) is 2. The van der Waals surface area contributed by atoms with Crippen LogP contribution in [-0.4, -0.2) is 31.5 Å². The molecule has 2 aromatic rings. The van der Waals surface area contributed by atoms with E-state index < -0.39 is 17.4 Å². The van der Waals surface area contributed by atoms with Gasteiger partial charge < -0.3 is 20.3 Å². The lowest BCUT2D eigenvalue weighted by molar-refractivity contribution is -0.143. The summed E-state index contributed by atoms with van der Waals surface area (Å²) in [6.07, 6.45) is 0. The Morgan fingerprint density at radius 1 is 1.16 bits per heavy atom. The number of fused-ring (bicyclic) bond motifs is 1. The third-order valence-electron chi connectivity index (χ3n) is 4.21. The lowest BCUT2D eigenvalue weighted by atomic mass is 10.0. The number of anilines is 3. The van der Waals surface area contributed by atoms with Gasteiger partial charge in [-0.05, 0) is 55.8 Å². The van der Waals surface area contributed by atoms with Crippen LogP contribution in [0.25, 0.3) is 0 Å². The second-order valence-electron chi connectivity index (χ2n) is 6.48. The Balaban J connectivity index is 1.81. The molecule has 2 amide bonds. The van der Waals surface area contributed by atoms with E-state index >= 15 is 0 Å². The van der Waals surface area contributed by atoms with Gasteiger partial charge in [0, 0.05) is 25.5 Å². The fourth-order valence-corrected chi connectivity index (χ4v) is 2.58. The maximum absolute atomic E-state index is 12.7. The summed E-state index contributed by atoms with van der Waals surface area (Å²) in [6, 6.07) is 12.8. The zero-order valence-corrected chi connectivity index (χ0v) is 14.7. The van der Waals surface area contributed by atoms with Crippen molar-refractivity contribution < 1.29 is 14.3 Å². The van der Waals surface area contributed by atoms with Crippen molar-refractivity contribution >= 4 is 28.9 Å². The van der Waals surface area contributed by atoms with Gasteiger partial charge >= 0.3 is 0 Å². The fourth-order valence-electron chi connectivity index (χ4n) is 2.58. The first-order valence-electron chi connectivity index (χ1n) is 7.99. The van der Waals surface area contributed by atoms with Gasteiger partial charge in [-0.1, -0.05) is 6.07 Å². The molecule has 2 aromatic carbocycles. The third kappa shape index (κ3) is 3.15. The summed E-state index contributed by atoms with van der Waals surface area (Å²) >= 11 is 0. The minimum Gasteiger partial charge on any atom is -0.466 e. The van der Waals surface area contributed by atoms with Crippen LogP contribution in [0.3, 0.4) is 0 Å². The van der Waals surface area contributed by atoms with Crippen LogP contribution in [0.5, 0.6) is 5.75 Å². The molecule has 0 saturated heterocycles. The van der Waals surface area contributed by atoms with Crippen molar-refractivity contribution in [3.63, 3.8) is 0 Å². The Bertz CT molecular complexity index is 830. The average Bonchev–Trinajstić information content (AvgIpc) is 2.56. The van der Waals surface area contributed by atoms with Crippen molar-refractivity contribution in [1.29, 1.82) is 0 Å². The van der Waals surface area contributed by atoms with Crippen LogP contribution in [0.2, 0.25) is 0 Å². The molecule has 0 fully saturated rings. The average molecular weight is 339 g/mol. The number of nitrogens with zero attached hydrogens (tertiary/aromatic N) is 1. The van der Waals surface area contributed by atoms with Gasteiger partial charge in [-0.2, -0.15) is 0 Å². The molecular formula is C19H21N3O3. The molecule has 0 saturated carbocycles. The monoisotopic (exact) mass is 339 g/mol. The van der Waals surface area contributed by atoms with Gasteiger partial charge in [0.05, 0.1) is 5.69 Å². The Labute approximate surface area is 146 Å². The van der Waals surface area contributed by atoms with Crippen LogP contribution in [0.4, 0.5) is 17.1 Å². The molecule has 6 nitrogen and oxygen atoms in total. The van der Waals surface area contributed by atoms with Crippen molar-refractivity contribution in [3.05, 3.63) is 48.0 Å². The zero-order chi connectivity index (χ0) is 18.2. The number of hydrogen-bond acceptors (Lipinski definition) is 4. The van der Waals surface area contributed by atoms with Crippen LogP contribution in [0, 0.1) is 6.92 Å². The Morgan fingerprint density at radius 3 is 2.48 bits per heavy atom. The largest absolute Gasteiger partial charge is 0.466 e. The fraction of sp³-hybridized carbons (Fsp3) is 0.263. The second-order valence-corrected chi connectivity index (χ2v) is 6.48. The van der Waals surface area contributed by atoms with E-state index in [0.717, 1.165) is 11.3 Å². The first-order valence-corrected chi connectivity index (χ1v) is 7.99. The Kier molecular flexibility index (Phi) is 4.12. The molecule has 1 aliphatic heterocycles. The van der Waals surface area contributed by atoms with E-state index in [1.54, 1.807) is 18.2 Å². The van der Waals surface area contributed by atoms with Crippen molar-refractivity contribution in [1.82, 2.24) is 0 Å². The minimum atomic E-state index is -1.64. The lowest BCUT2D eigenvalue weighted by Crippen LogP contribution is -2.56. The highest BCUT2D eigenvalue weighted by molar-refractivity contribution is 6.19. The third-order valence-corrected chi connectivity index (χ3v) is 4.21. The van der Waals surface area contributed by atoms with Crippen LogP contribution in [0.15, 0.2) is 42.5 Å². The summed E-state index contributed by atoms with van der Waals surface area (Å²) in [4.78, 5) is 27.1. The summed E-state index contributed by atoms with van der Waals surface area (Å²) in [5.41, 5.74) is 1.55. The molecule has 3 rings (SSSR count). The van der Waals surface area contributed by atoms with Crippen LogP contribution in [0.1, 0.15) is 12.5 Å². The molecule has 0 bridgehead atoms. The molecule has 0 radical (unpaired) electrons. The van der Waals surface area contributed by atoms with Crippen LogP contribution < -0.4 is 20.3 Å². The maximum atomic E-state index is 12.7. The number of amides is 2. The van der Waals surface area contributed by atoms with Gasteiger partial charge in [0.15, 0.2) is 0 Å².